The highest BCUT2D eigenvalue weighted by Crippen LogP contribution is 2.28. The van der Waals surface area contributed by atoms with Crippen LogP contribution in [0, 0.1) is 0 Å². The average molecular weight is 343 g/mol. The first kappa shape index (κ1) is 20.5. The molecule has 3 nitrogen and oxygen atoms in total. The fourth-order valence-corrected chi connectivity index (χ4v) is 2.30. The number of alkyl halides is 5. The van der Waals surface area contributed by atoms with E-state index in [9.17, 15) is 34.3 Å². The van der Waals surface area contributed by atoms with E-state index in [-0.39, 0.29) is 0 Å². The van der Waals surface area contributed by atoms with Crippen LogP contribution in [0.15, 0.2) is 0 Å². The Morgan fingerprint density at radius 3 is 1.57 bits per heavy atom. The van der Waals surface area contributed by atoms with Crippen LogP contribution in [-0.2, 0) is 10.4 Å². The molecule has 0 radical (unpaired) electrons. The highest BCUT2D eigenvalue weighted by molar-refractivity contribution is 7.83. The zero-order valence-corrected chi connectivity index (χ0v) is 12.4. The van der Waals surface area contributed by atoms with Gasteiger partial charge in [-0.15, -0.1) is 0 Å². The first-order valence-corrected chi connectivity index (χ1v) is 7.83. The van der Waals surface area contributed by atoms with Gasteiger partial charge in [-0.05, 0) is 19.8 Å². The second-order valence-electron chi connectivity index (χ2n) is 4.70. The van der Waals surface area contributed by atoms with Crippen LogP contribution in [-0.4, -0.2) is 44.3 Å². The SMILES string of the molecule is CC(F)C(F)(F)C(F)F.O=S(=O)(F)N1CCCCCCC1. The summed E-state index contributed by atoms with van der Waals surface area (Å²) in [6.07, 6.45) is -2.00. The van der Waals surface area contributed by atoms with Gasteiger partial charge in [0, 0.05) is 13.1 Å². The monoisotopic (exact) mass is 343 g/mol. The zero-order chi connectivity index (χ0) is 16.7. The van der Waals surface area contributed by atoms with E-state index in [4.69, 9.17) is 0 Å². The minimum absolute atomic E-state index is 0.346. The molecule has 0 aromatic carbocycles. The first-order valence-electron chi connectivity index (χ1n) is 6.49. The molecule has 0 saturated carbocycles. The summed E-state index contributed by atoms with van der Waals surface area (Å²) >= 11 is 0. The van der Waals surface area contributed by atoms with Crippen molar-refractivity contribution in [2.75, 3.05) is 13.1 Å². The third-order valence-electron chi connectivity index (χ3n) is 2.94. The van der Waals surface area contributed by atoms with Crippen LogP contribution in [0.1, 0.15) is 39.0 Å². The van der Waals surface area contributed by atoms with Crippen molar-refractivity contribution in [2.45, 2.75) is 57.5 Å². The molecule has 10 heteroatoms. The highest BCUT2D eigenvalue weighted by atomic mass is 32.3. The van der Waals surface area contributed by atoms with Crippen molar-refractivity contribution < 1.29 is 34.3 Å². The molecule has 1 aliphatic rings. The Hall–Kier alpha value is -0.510. The van der Waals surface area contributed by atoms with Gasteiger partial charge in [0.1, 0.15) is 0 Å². The Labute approximate surface area is 120 Å². The summed E-state index contributed by atoms with van der Waals surface area (Å²) in [4.78, 5) is 0. The zero-order valence-electron chi connectivity index (χ0n) is 11.5. The predicted octanol–water partition coefficient (Wildman–Crippen LogP) is 3.71. The second kappa shape index (κ2) is 8.82. The fraction of sp³-hybridized carbons (Fsp3) is 1.00. The quantitative estimate of drug-likeness (QED) is 0.579. The van der Waals surface area contributed by atoms with Crippen molar-refractivity contribution in [2.24, 2.45) is 0 Å². The molecule has 21 heavy (non-hydrogen) atoms. The predicted molar refractivity (Wildman–Crippen MR) is 66.2 cm³/mol. The van der Waals surface area contributed by atoms with E-state index < -0.39 is 28.9 Å². The van der Waals surface area contributed by atoms with E-state index in [1.807, 2.05) is 0 Å². The van der Waals surface area contributed by atoms with Crippen LogP contribution in [0.5, 0.6) is 0 Å². The summed E-state index contributed by atoms with van der Waals surface area (Å²) < 4.78 is 91.2. The molecule has 1 unspecified atom stereocenters. The Balaban J connectivity index is 0.000000400. The van der Waals surface area contributed by atoms with Gasteiger partial charge >= 0.3 is 22.8 Å². The largest absolute Gasteiger partial charge is 0.374 e. The molecule has 0 aromatic heterocycles. The third kappa shape index (κ3) is 7.89. The number of rotatable bonds is 3. The maximum atomic E-state index is 12.5. The van der Waals surface area contributed by atoms with E-state index in [1.165, 1.54) is 0 Å². The van der Waals surface area contributed by atoms with Crippen molar-refractivity contribution >= 4 is 10.4 Å². The number of nitrogens with zero attached hydrogens (tertiary/aromatic N) is 1. The van der Waals surface area contributed by atoms with Gasteiger partial charge in [0.05, 0.1) is 0 Å². The Bertz CT molecular complexity index is 370. The van der Waals surface area contributed by atoms with Crippen molar-refractivity contribution in [1.29, 1.82) is 0 Å². The highest BCUT2D eigenvalue weighted by Gasteiger charge is 2.46. The molecule has 0 bridgehead atoms. The Morgan fingerprint density at radius 2 is 1.33 bits per heavy atom. The molecular weight excluding hydrogens is 324 g/mol. The molecule has 1 saturated heterocycles. The molecule has 1 atom stereocenters. The fourth-order valence-electron chi connectivity index (χ4n) is 1.61. The lowest BCUT2D eigenvalue weighted by Crippen LogP contribution is -2.35. The topological polar surface area (TPSA) is 37.4 Å². The molecular formula is C11H19F6NO2S. The molecule has 0 amide bonds. The van der Waals surface area contributed by atoms with E-state index in [1.54, 1.807) is 0 Å². The van der Waals surface area contributed by atoms with Gasteiger partial charge in [-0.2, -0.15) is 21.5 Å². The van der Waals surface area contributed by atoms with Crippen LogP contribution >= 0.6 is 0 Å². The minimum atomic E-state index is -4.50. The standard InChI is InChI=1S/C7H14FNO2S.C4H5F5/c8-12(10,11)9-6-4-2-1-3-5-7-9;1-2(5)4(8,9)3(6)7/h1-7H2;2-3H,1H3. The second-order valence-corrected chi connectivity index (χ2v) is 6.04. The van der Waals surface area contributed by atoms with Gasteiger partial charge in [-0.25, -0.2) is 13.2 Å². The summed E-state index contributed by atoms with van der Waals surface area (Å²) in [5.41, 5.74) is 0. The summed E-state index contributed by atoms with van der Waals surface area (Å²) in [7, 11) is -4.43. The third-order valence-corrected chi connectivity index (χ3v) is 3.93. The van der Waals surface area contributed by atoms with Crippen molar-refractivity contribution in [3.8, 4) is 0 Å². The van der Waals surface area contributed by atoms with E-state index in [2.05, 4.69) is 0 Å². The normalized spacial score (nSPS) is 20.2. The van der Waals surface area contributed by atoms with Gasteiger partial charge in [-0.3, -0.25) is 0 Å². The minimum Gasteiger partial charge on any atom is -0.241 e. The maximum Gasteiger partial charge on any atom is 0.374 e. The molecule has 0 aromatic rings. The summed E-state index contributed by atoms with van der Waals surface area (Å²) in [6, 6.07) is 0. The lowest BCUT2D eigenvalue weighted by molar-refractivity contribution is -0.165. The summed E-state index contributed by atoms with van der Waals surface area (Å²) in [5.74, 6) is -4.50. The van der Waals surface area contributed by atoms with Crippen LogP contribution in [0.4, 0.5) is 25.8 Å². The van der Waals surface area contributed by atoms with Gasteiger partial charge in [0.2, 0.25) is 0 Å². The number of hydrogen-bond acceptors (Lipinski definition) is 2. The molecule has 1 fully saturated rings. The molecule has 1 heterocycles. The van der Waals surface area contributed by atoms with Gasteiger partial charge in [0.25, 0.3) is 0 Å². The summed E-state index contributed by atoms with van der Waals surface area (Å²) in [6.45, 7) is 1.09. The smallest absolute Gasteiger partial charge is 0.241 e. The van der Waals surface area contributed by atoms with E-state index in [0.717, 1.165) is 36.4 Å². The lowest BCUT2D eigenvalue weighted by Gasteiger charge is -2.19. The van der Waals surface area contributed by atoms with Gasteiger partial charge in [-0.1, -0.05) is 23.1 Å². The molecule has 1 aliphatic heterocycles. The van der Waals surface area contributed by atoms with Crippen LogP contribution in [0.25, 0.3) is 0 Å². The Morgan fingerprint density at radius 1 is 0.952 bits per heavy atom. The molecule has 0 aliphatic carbocycles. The molecule has 1 rings (SSSR count). The first-order chi connectivity index (χ1) is 9.49. The van der Waals surface area contributed by atoms with Gasteiger partial charge in [0.15, 0.2) is 6.17 Å². The molecule has 0 spiro atoms. The van der Waals surface area contributed by atoms with Crippen molar-refractivity contribution in [1.82, 2.24) is 4.31 Å². The van der Waals surface area contributed by atoms with Crippen LogP contribution in [0.3, 0.4) is 0 Å². The number of hydrogen-bond donors (Lipinski definition) is 0. The Kier molecular flexibility index (Phi) is 8.60. The lowest BCUT2D eigenvalue weighted by atomic mass is 10.1. The van der Waals surface area contributed by atoms with E-state index in [0.29, 0.717) is 20.0 Å². The maximum absolute atomic E-state index is 12.5. The number of halogens is 6. The van der Waals surface area contributed by atoms with E-state index >= 15 is 0 Å². The van der Waals surface area contributed by atoms with Crippen LogP contribution < -0.4 is 0 Å². The van der Waals surface area contributed by atoms with Crippen molar-refractivity contribution in [3.05, 3.63) is 0 Å². The van der Waals surface area contributed by atoms with Crippen LogP contribution in [0.2, 0.25) is 0 Å². The summed E-state index contributed by atoms with van der Waals surface area (Å²) in [5, 5.41) is 0. The molecule has 0 N–H and O–H groups in total. The molecule has 128 valence electrons. The van der Waals surface area contributed by atoms with Crippen molar-refractivity contribution in [3.63, 3.8) is 0 Å². The van der Waals surface area contributed by atoms with Gasteiger partial charge < -0.3 is 0 Å². The average Bonchev–Trinajstić information content (AvgIpc) is 2.26.